The van der Waals surface area contributed by atoms with Crippen LogP contribution in [0.15, 0.2) is 39.9 Å². The molecule has 0 fully saturated rings. The maximum absolute atomic E-state index is 5.56. The van der Waals surface area contributed by atoms with Gasteiger partial charge in [-0.05, 0) is 31.4 Å². The normalized spacial score (nSPS) is 11.8. The molecule has 5 heteroatoms. The van der Waals surface area contributed by atoms with Gasteiger partial charge < -0.3 is 15.1 Å². The molecule has 0 saturated carbocycles. The van der Waals surface area contributed by atoms with E-state index >= 15 is 0 Å². The van der Waals surface area contributed by atoms with Crippen LogP contribution in [0.25, 0.3) is 11.5 Å². The number of nitrogens with zero attached hydrogens (tertiary/aromatic N) is 2. The zero-order chi connectivity index (χ0) is 16.7. The Morgan fingerprint density at radius 1 is 1.22 bits per heavy atom. The van der Waals surface area contributed by atoms with Crippen molar-refractivity contribution in [2.75, 3.05) is 13.6 Å². The van der Waals surface area contributed by atoms with Crippen LogP contribution < -0.4 is 10.6 Å². The molecule has 0 bridgehead atoms. The minimum absolute atomic E-state index is 0.580. The van der Waals surface area contributed by atoms with E-state index in [1.165, 1.54) is 5.56 Å². The molecule has 0 aliphatic heterocycles. The number of nitrogens with one attached hydrogen (secondary N) is 2. The smallest absolute Gasteiger partial charge is 0.226 e. The first-order valence-corrected chi connectivity index (χ1v) is 8.04. The van der Waals surface area contributed by atoms with E-state index in [2.05, 4.69) is 53.5 Å². The number of rotatable bonds is 6. The highest BCUT2D eigenvalue weighted by Crippen LogP contribution is 2.18. The highest BCUT2D eigenvalue weighted by molar-refractivity contribution is 5.79. The molecule has 2 N–H and O–H groups in total. The van der Waals surface area contributed by atoms with Crippen LogP contribution in [0.3, 0.4) is 0 Å². The van der Waals surface area contributed by atoms with Gasteiger partial charge in [0.15, 0.2) is 5.96 Å². The van der Waals surface area contributed by atoms with Gasteiger partial charge in [0.25, 0.3) is 0 Å². The van der Waals surface area contributed by atoms with Crippen molar-refractivity contribution in [1.82, 2.24) is 15.6 Å². The van der Waals surface area contributed by atoms with Crippen LogP contribution in [-0.4, -0.2) is 24.5 Å². The lowest BCUT2D eigenvalue weighted by atomic mass is 10.1. The molecule has 2 aromatic rings. The van der Waals surface area contributed by atoms with Gasteiger partial charge in [0, 0.05) is 19.2 Å². The Balaban J connectivity index is 1.87. The molecule has 0 spiro atoms. The average Bonchev–Trinajstić information content (AvgIpc) is 3.00. The summed E-state index contributed by atoms with van der Waals surface area (Å²) in [5, 5.41) is 6.55. The van der Waals surface area contributed by atoms with Crippen LogP contribution in [0.4, 0.5) is 0 Å². The van der Waals surface area contributed by atoms with E-state index in [0.717, 1.165) is 30.2 Å². The van der Waals surface area contributed by atoms with Gasteiger partial charge in [-0.1, -0.05) is 31.5 Å². The summed E-state index contributed by atoms with van der Waals surface area (Å²) in [6.07, 6.45) is 2.80. The standard InChI is InChI=1S/C18H26N4O/c1-13(2)9-10-20-18(19-4)21-11-16-12-23-17(22-16)15-7-5-14(3)6-8-15/h5-8,12-13H,9-11H2,1-4H3,(H2,19,20,21). The van der Waals surface area contributed by atoms with Gasteiger partial charge in [-0.2, -0.15) is 0 Å². The van der Waals surface area contributed by atoms with Crippen molar-refractivity contribution < 1.29 is 4.42 Å². The van der Waals surface area contributed by atoms with Gasteiger partial charge in [0.05, 0.1) is 12.2 Å². The zero-order valence-electron chi connectivity index (χ0n) is 14.4. The quantitative estimate of drug-likeness (QED) is 0.634. The number of hydrogen-bond acceptors (Lipinski definition) is 3. The zero-order valence-corrected chi connectivity index (χ0v) is 14.4. The summed E-state index contributed by atoms with van der Waals surface area (Å²) in [7, 11) is 1.77. The lowest BCUT2D eigenvalue weighted by Crippen LogP contribution is -2.37. The number of guanidine groups is 1. The number of oxazole rings is 1. The summed E-state index contributed by atoms with van der Waals surface area (Å²) in [4.78, 5) is 8.72. The Kier molecular flexibility index (Phi) is 6.20. The minimum atomic E-state index is 0.580. The van der Waals surface area contributed by atoms with Crippen molar-refractivity contribution in [2.45, 2.75) is 33.7 Å². The molecule has 0 aliphatic carbocycles. The van der Waals surface area contributed by atoms with Gasteiger partial charge in [-0.15, -0.1) is 0 Å². The van der Waals surface area contributed by atoms with Crippen LogP contribution in [0.5, 0.6) is 0 Å². The summed E-state index contributed by atoms with van der Waals surface area (Å²) in [6.45, 7) is 7.97. The second kappa shape index (κ2) is 8.36. The summed E-state index contributed by atoms with van der Waals surface area (Å²) < 4.78 is 5.56. The van der Waals surface area contributed by atoms with E-state index in [4.69, 9.17) is 4.42 Å². The summed E-state index contributed by atoms with van der Waals surface area (Å²) >= 11 is 0. The van der Waals surface area contributed by atoms with E-state index in [0.29, 0.717) is 18.4 Å². The highest BCUT2D eigenvalue weighted by atomic mass is 16.3. The Hall–Kier alpha value is -2.30. The average molecular weight is 314 g/mol. The van der Waals surface area contributed by atoms with E-state index in [1.54, 1.807) is 13.3 Å². The van der Waals surface area contributed by atoms with E-state index < -0.39 is 0 Å². The lowest BCUT2D eigenvalue weighted by Gasteiger charge is -2.11. The number of aromatic nitrogens is 1. The fourth-order valence-corrected chi connectivity index (χ4v) is 2.09. The molecule has 1 aromatic heterocycles. The molecule has 0 unspecified atom stereocenters. The van der Waals surface area contributed by atoms with Crippen molar-refractivity contribution in [3.8, 4) is 11.5 Å². The topological polar surface area (TPSA) is 62.5 Å². The second-order valence-electron chi connectivity index (χ2n) is 6.05. The SMILES string of the molecule is CN=C(NCCC(C)C)NCc1coc(-c2ccc(C)cc2)n1. The largest absolute Gasteiger partial charge is 0.444 e. The van der Waals surface area contributed by atoms with Gasteiger partial charge in [0.2, 0.25) is 5.89 Å². The molecular weight excluding hydrogens is 288 g/mol. The Morgan fingerprint density at radius 3 is 2.61 bits per heavy atom. The number of aryl methyl sites for hydroxylation is 1. The first-order chi connectivity index (χ1) is 11.1. The maximum atomic E-state index is 5.56. The fraction of sp³-hybridized carbons (Fsp3) is 0.444. The van der Waals surface area contributed by atoms with Crippen molar-refractivity contribution >= 4 is 5.96 Å². The molecule has 2 rings (SSSR count). The van der Waals surface area contributed by atoms with Gasteiger partial charge in [-0.25, -0.2) is 4.98 Å². The van der Waals surface area contributed by atoms with E-state index in [9.17, 15) is 0 Å². The van der Waals surface area contributed by atoms with Crippen molar-refractivity contribution in [1.29, 1.82) is 0 Å². The highest BCUT2D eigenvalue weighted by Gasteiger charge is 2.07. The third-order valence-corrected chi connectivity index (χ3v) is 3.52. The van der Waals surface area contributed by atoms with Crippen molar-refractivity contribution in [3.05, 3.63) is 41.8 Å². The fourth-order valence-electron chi connectivity index (χ4n) is 2.09. The predicted molar refractivity (Wildman–Crippen MR) is 94.3 cm³/mol. The van der Waals surface area contributed by atoms with E-state index in [1.807, 2.05) is 12.1 Å². The molecule has 0 aliphatic rings. The summed E-state index contributed by atoms with van der Waals surface area (Å²) in [5.74, 6) is 2.10. The molecule has 23 heavy (non-hydrogen) atoms. The van der Waals surface area contributed by atoms with Gasteiger partial charge >= 0.3 is 0 Å². The molecule has 0 saturated heterocycles. The lowest BCUT2D eigenvalue weighted by molar-refractivity contribution is 0.570. The Morgan fingerprint density at radius 2 is 1.96 bits per heavy atom. The van der Waals surface area contributed by atoms with Crippen LogP contribution in [-0.2, 0) is 6.54 Å². The van der Waals surface area contributed by atoms with Crippen LogP contribution in [0.2, 0.25) is 0 Å². The molecule has 5 nitrogen and oxygen atoms in total. The molecule has 124 valence electrons. The third kappa shape index (κ3) is 5.43. The molecule has 0 amide bonds. The molecular formula is C18H26N4O. The minimum Gasteiger partial charge on any atom is -0.444 e. The Labute approximate surface area is 138 Å². The van der Waals surface area contributed by atoms with Crippen molar-refractivity contribution in [2.24, 2.45) is 10.9 Å². The van der Waals surface area contributed by atoms with Crippen LogP contribution in [0, 0.1) is 12.8 Å². The number of aliphatic imine (C=N–C) groups is 1. The van der Waals surface area contributed by atoms with Gasteiger partial charge in [-0.3, -0.25) is 4.99 Å². The molecule has 0 radical (unpaired) electrons. The first-order valence-electron chi connectivity index (χ1n) is 8.04. The number of hydrogen-bond donors (Lipinski definition) is 2. The Bertz CT molecular complexity index is 629. The number of benzene rings is 1. The van der Waals surface area contributed by atoms with E-state index in [-0.39, 0.29) is 0 Å². The molecule has 0 atom stereocenters. The van der Waals surface area contributed by atoms with Crippen LogP contribution in [0.1, 0.15) is 31.5 Å². The van der Waals surface area contributed by atoms with Crippen molar-refractivity contribution in [3.63, 3.8) is 0 Å². The third-order valence-electron chi connectivity index (χ3n) is 3.52. The summed E-state index contributed by atoms with van der Waals surface area (Å²) in [5.41, 5.74) is 3.06. The molecule has 1 heterocycles. The maximum Gasteiger partial charge on any atom is 0.226 e. The van der Waals surface area contributed by atoms with Crippen LogP contribution >= 0.6 is 0 Å². The molecule has 1 aromatic carbocycles. The summed E-state index contributed by atoms with van der Waals surface area (Å²) in [6, 6.07) is 8.14. The predicted octanol–water partition coefficient (Wildman–Crippen LogP) is 3.36. The monoisotopic (exact) mass is 314 g/mol. The van der Waals surface area contributed by atoms with Gasteiger partial charge in [0.1, 0.15) is 6.26 Å². The first kappa shape index (κ1) is 17.1. The second-order valence-corrected chi connectivity index (χ2v) is 6.05.